The summed E-state index contributed by atoms with van der Waals surface area (Å²) in [6.45, 7) is 5.70. The van der Waals surface area contributed by atoms with Gasteiger partial charge in [0.15, 0.2) is 0 Å². The molecule has 0 radical (unpaired) electrons. The van der Waals surface area contributed by atoms with E-state index < -0.39 is 0 Å². The van der Waals surface area contributed by atoms with Gasteiger partial charge in [0.05, 0.1) is 12.2 Å². The van der Waals surface area contributed by atoms with Crippen LogP contribution in [0.15, 0.2) is 48.8 Å². The Morgan fingerprint density at radius 1 is 1.06 bits per heavy atom. The van der Waals surface area contributed by atoms with E-state index in [1.807, 2.05) is 34.1 Å². The number of piperazine rings is 1. The Kier molecular flexibility index (Phi) is 7.72. The predicted molar refractivity (Wildman–Crippen MR) is 122 cm³/mol. The molecule has 7 heteroatoms. The van der Waals surface area contributed by atoms with Crippen molar-refractivity contribution in [1.29, 1.82) is 0 Å². The van der Waals surface area contributed by atoms with E-state index in [2.05, 4.69) is 22.0 Å². The van der Waals surface area contributed by atoms with Crippen LogP contribution in [-0.4, -0.2) is 77.4 Å². The van der Waals surface area contributed by atoms with Crippen molar-refractivity contribution >= 4 is 12.3 Å². The molecule has 2 aliphatic heterocycles. The summed E-state index contributed by atoms with van der Waals surface area (Å²) in [5.74, 6) is 0.932. The van der Waals surface area contributed by atoms with Gasteiger partial charge in [-0.15, -0.1) is 0 Å². The number of benzene rings is 1. The Morgan fingerprint density at radius 2 is 1.88 bits per heavy atom. The topological polar surface area (TPSA) is 66.0 Å². The standard InChI is InChI=1S/C25H32N4O3/c30-20-28-15-13-27(14-16-28)19-21-6-8-24(9-7-21)32-17-10-23-5-1-2-12-29(23)25(31)22-4-3-11-26-18-22/h3-4,6-9,11,18,20,23H,1-2,5,10,12-17,19H2/t23-/m1/s1. The lowest BCUT2D eigenvalue weighted by Gasteiger charge is -2.35. The number of piperidine rings is 1. The number of rotatable bonds is 8. The zero-order valence-electron chi connectivity index (χ0n) is 18.6. The van der Waals surface area contributed by atoms with Crippen molar-refractivity contribution in [3.63, 3.8) is 0 Å². The van der Waals surface area contributed by atoms with E-state index in [9.17, 15) is 9.59 Å². The van der Waals surface area contributed by atoms with Crippen molar-refractivity contribution in [2.75, 3.05) is 39.3 Å². The highest BCUT2D eigenvalue weighted by molar-refractivity contribution is 5.94. The molecule has 0 unspecified atom stereocenters. The van der Waals surface area contributed by atoms with Crippen LogP contribution in [0, 0.1) is 0 Å². The van der Waals surface area contributed by atoms with Gasteiger partial charge in [-0.2, -0.15) is 0 Å². The van der Waals surface area contributed by atoms with E-state index in [-0.39, 0.29) is 11.9 Å². The molecule has 170 valence electrons. The molecule has 7 nitrogen and oxygen atoms in total. The van der Waals surface area contributed by atoms with Gasteiger partial charge in [0.2, 0.25) is 6.41 Å². The van der Waals surface area contributed by atoms with Crippen molar-refractivity contribution in [3.05, 3.63) is 59.9 Å². The number of ether oxygens (including phenoxy) is 1. The number of pyridine rings is 1. The highest BCUT2D eigenvalue weighted by Crippen LogP contribution is 2.23. The molecule has 0 N–H and O–H groups in total. The number of hydrogen-bond acceptors (Lipinski definition) is 5. The van der Waals surface area contributed by atoms with Crippen LogP contribution in [0.5, 0.6) is 5.75 Å². The molecule has 0 saturated carbocycles. The normalized spacial score (nSPS) is 19.6. The minimum atomic E-state index is 0.0705. The number of likely N-dealkylation sites (tertiary alicyclic amines) is 1. The van der Waals surface area contributed by atoms with Gasteiger partial charge in [-0.05, 0) is 49.1 Å². The number of nitrogens with zero attached hydrogens (tertiary/aromatic N) is 4. The third-order valence-electron chi connectivity index (χ3n) is 6.40. The lowest BCUT2D eigenvalue weighted by Crippen LogP contribution is -2.45. The van der Waals surface area contributed by atoms with Crippen molar-refractivity contribution in [3.8, 4) is 5.75 Å². The molecule has 0 spiro atoms. The minimum Gasteiger partial charge on any atom is -0.494 e. The fourth-order valence-electron chi connectivity index (χ4n) is 4.51. The van der Waals surface area contributed by atoms with Crippen molar-refractivity contribution < 1.29 is 14.3 Å². The highest BCUT2D eigenvalue weighted by atomic mass is 16.5. The molecule has 1 aromatic carbocycles. The molecule has 0 bridgehead atoms. The van der Waals surface area contributed by atoms with Crippen LogP contribution in [-0.2, 0) is 11.3 Å². The van der Waals surface area contributed by atoms with E-state index >= 15 is 0 Å². The molecule has 1 aromatic heterocycles. The fraction of sp³-hybridized carbons (Fsp3) is 0.480. The van der Waals surface area contributed by atoms with E-state index in [1.54, 1.807) is 12.4 Å². The summed E-state index contributed by atoms with van der Waals surface area (Å²) in [5.41, 5.74) is 1.90. The fourth-order valence-corrected chi connectivity index (χ4v) is 4.51. The van der Waals surface area contributed by atoms with Crippen LogP contribution in [0.2, 0.25) is 0 Å². The Labute approximate surface area is 190 Å². The molecule has 1 atom stereocenters. The summed E-state index contributed by atoms with van der Waals surface area (Å²) in [6, 6.07) is 12.1. The van der Waals surface area contributed by atoms with Crippen molar-refractivity contribution in [2.45, 2.75) is 38.3 Å². The van der Waals surface area contributed by atoms with E-state index in [4.69, 9.17) is 4.74 Å². The van der Waals surface area contributed by atoms with Crippen LogP contribution in [0.25, 0.3) is 0 Å². The second kappa shape index (κ2) is 11.1. The lowest BCUT2D eigenvalue weighted by molar-refractivity contribution is -0.119. The van der Waals surface area contributed by atoms with Gasteiger partial charge in [0, 0.05) is 64.1 Å². The molecule has 2 aliphatic rings. The van der Waals surface area contributed by atoms with Crippen LogP contribution in [0.1, 0.15) is 41.6 Å². The highest BCUT2D eigenvalue weighted by Gasteiger charge is 2.27. The average molecular weight is 437 g/mol. The van der Waals surface area contributed by atoms with Crippen molar-refractivity contribution in [2.24, 2.45) is 0 Å². The third-order valence-corrected chi connectivity index (χ3v) is 6.40. The number of carbonyl (C=O) groups excluding carboxylic acids is 2. The second-order valence-corrected chi connectivity index (χ2v) is 8.59. The van der Waals surface area contributed by atoms with Crippen molar-refractivity contribution in [1.82, 2.24) is 19.7 Å². The van der Waals surface area contributed by atoms with Gasteiger partial charge in [0.1, 0.15) is 5.75 Å². The molecule has 2 aromatic rings. The molecule has 2 fully saturated rings. The first-order valence-electron chi connectivity index (χ1n) is 11.6. The zero-order chi connectivity index (χ0) is 22.2. The summed E-state index contributed by atoms with van der Waals surface area (Å²) in [4.78, 5) is 34.0. The maximum Gasteiger partial charge on any atom is 0.255 e. The molecule has 3 heterocycles. The number of aromatic nitrogens is 1. The molecular formula is C25H32N4O3. The first-order valence-corrected chi connectivity index (χ1v) is 11.6. The molecule has 4 rings (SSSR count). The number of amides is 2. The molecule has 2 amide bonds. The van der Waals surface area contributed by atoms with E-state index in [1.165, 1.54) is 5.56 Å². The van der Waals surface area contributed by atoms with Gasteiger partial charge in [-0.25, -0.2) is 0 Å². The quantitative estimate of drug-likeness (QED) is 0.596. The number of hydrogen-bond donors (Lipinski definition) is 0. The monoisotopic (exact) mass is 436 g/mol. The Morgan fingerprint density at radius 3 is 2.59 bits per heavy atom. The van der Waals surface area contributed by atoms with Gasteiger partial charge in [-0.1, -0.05) is 12.1 Å². The summed E-state index contributed by atoms with van der Waals surface area (Å²) in [5, 5.41) is 0. The maximum absolute atomic E-state index is 12.9. The zero-order valence-corrected chi connectivity index (χ0v) is 18.6. The Bertz CT molecular complexity index is 867. The van der Waals surface area contributed by atoms with E-state index in [0.717, 1.165) is 77.1 Å². The first-order chi connectivity index (χ1) is 15.7. The third kappa shape index (κ3) is 5.85. The molecule has 2 saturated heterocycles. The van der Waals surface area contributed by atoms with Crippen LogP contribution < -0.4 is 4.74 Å². The summed E-state index contributed by atoms with van der Waals surface area (Å²) in [6.07, 6.45) is 8.32. The smallest absolute Gasteiger partial charge is 0.255 e. The first kappa shape index (κ1) is 22.3. The summed E-state index contributed by atoms with van der Waals surface area (Å²) < 4.78 is 6.01. The SMILES string of the molecule is O=CN1CCN(Cc2ccc(OCC[C@H]3CCCCN3C(=O)c3cccnc3)cc2)CC1. The lowest BCUT2D eigenvalue weighted by atomic mass is 9.98. The molecular weight excluding hydrogens is 404 g/mol. The second-order valence-electron chi connectivity index (χ2n) is 8.59. The summed E-state index contributed by atoms with van der Waals surface area (Å²) in [7, 11) is 0. The average Bonchev–Trinajstić information content (AvgIpc) is 2.86. The molecule has 32 heavy (non-hydrogen) atoms. The maximum atomic E-state index is 12.9. The number of carbonyl (C=O) groups is 2. The van der Waals surface area contributed by atoms with Crippen LogP contribution >= 0.6 is 0 Å². The largest absolute Gasteiger partial charge is 0.494 e. The van der Waals surface area contributed by atoms with Crippen LogP contribution in [0.3, 0.4) is 0 Å². The Hall–Kier alpha value is -2.93. The predicted octanol–water partition coefficient (Wildman–Crippen LogP) is 2.82. The molecule has 0 aliphatic carbocycles. The Balaban J connectivity index is 1.24. The van der Waals surface area contributed by atoms with Gasteiger partial charge < -0.3 is 14.5 Å². The van der Waals surface area contributed by atoms with Gasteiger partial charge in [0.25, 0.3) is 5.91 Å². The van der Waals surface area contributed by atoms with Gasteiger partial charge >= 0.3 is 0 Å². The summed E-state index contributed by atoms with van der Waals surface area (Å²) >= 11 is 0. The minimum absolute atomic E-state index is 0.0705. The van der Waals surface area contributed by atoms with E-state index in [0.29, 0.717) is 12.2 Å². The van der Waals surface area contributed by atoms with Crippen LogP contribution in [0.4, 0.5) is 0 Å². The van der Waals surface area contributed by atoms with Gasteiger partial charge in [-0.3, -0.25) is 19.5 Å².